The molecule has 0 saturated carbocycles. The summed E-state index contributed by atoms with van der Waals surface area (Å²) in [7, 11) is 0. The molecule has 0 atom stereocenters. The molecule has 1 N–H and O–H groups in total. The third-order valence-electron chi connectivity index (χ3n) is 4.39. The summed E-state index contributed by atoms with van der Waals surface area (Å²) in [6.07, 6.45) is 0. The highest BCUT2D eigenvalue weighted by Gasteiger charge is 2.18. The van der Waals surface area contributed by atoms with Gasteiger partial charge in [-0.15, -0.1) is 0 Å². The molecule has 2 aromatic carbocycles. The van der Waals surface area contributed by atoms with Crippen molar-refractivity contribution in [3.05, 3.63) is 87.2 Å². The normalized spacial score (nSPS) is 10.4. The number of aryl methyl sites for hydroxylation is 2. The van der Waals surface area contributed by atoms with Gasteiger partial charge in [-0.05, 0) is 69.3 Å². The fourth-order valence-corrected chi connectivity index (χ4v) is 2.78. The first-order valence-corrected chi connectivity index (χ1v) is 8.80. The van der Waals surface area contributed by atoms with E-state index in [1.807, 2.05) is 26.0 Å². The second-order valence-electron chi connectivity index (χ2n) is 6.51. The van der Waals surface area contributed by atoms with Crippen LogP contribution in [0.1, 0.15) is 39.0 Å². The van der Waals surface area contributed by atoms with Crippen LogP contribution in [-0.2, 0) is 0 Å². The second-order valence-corrected chi connectivity index (χ2v) is 6.51. The van der Waals surface area contributed by atoms with Crippen molar-refractivity contribution in [1.29, 1.82) is 0 Å². The number of Topliss-reactive ketones (excluding diaryl/α,β-unsaturated/α-hetero) is 1. The first kappa shape index (κ1) is 19.8. The lowest BCUT2D eigenvalue weighted by Crippen LogP contribution is -2.24. The van der Waals surface area contributed by atoms with Crippen LogP contribution in [0.4, 0.5) is 5.69 Å². The molecule has 1 amide bonds. The first-order valence-electron chi connectivity index (χ1n) is 8.80. The molecule has 3 rings (SSSR count). The number of carbonyl (C=O) groups is 2. The maximum atomic E-state index is 12.4. The Morgan fingerprint density at radius 2 is 1.55 bits per heavy atom. The Balaban J connectivity index is 1.78. The molecular weight excluding hydrogens is 374 g/mol. The Labute approximate surface area is 166 Å². The van der Waals surface area contributed by atoms with Crippen molar-refractivity contribution in [3.63, 3.8) is 0 Å². The van der Waals surface area contributed by atoms with Gasteiger partial charge >= 0.3 is 5.69 Å². The molecule has 29 heavy (non-hydrogen) atoms. The number of nitro groups is 1. The van der Waals surface area contributed by atoms with E-state index >= 15 is 0 Å². The van der Waals surface area contributed by atoms with Gasteiger partial charge in [-0.1, -0.05) is 0 Å². The zero-order valence-corrected chi connectivity index (χ0v) is 16.1. The monoisotopic (exact) mass is 393 g/mol. The van der Waals surface area contributed by atoms with Gasteiger partial charge in [-0.3, -0.25) is 29.8 Å². The summed E-state index contributed by atoms with van der Waals surface area (Å²) in [5, 5.41) is 11.3. The predicted molar refractivity (Wildman–Crippen MR) is 107 cm³/mol. The lowest BCUT2D eigenvalue weighted by Gasteiger charge is -2.12. The van der Waals surface area contributed by atoms with E-state index in [1.165, 1.54) is 25.1 Å². The molecule has 0 fully saturated rings. The molecule has 0 bridgehead atoms. The second kappa shape index (κ2) is 7.97. The molecule has 0 unspecified atom stereocenters. The zero-order valence-electron chi connectivity index (χ0n) is 16.1. The predicted octanol–water partition coefficient (Wildman–Crippen LogP) is 4.39. The highest BCUT2D eigenvalue weighted by Crippen LogP contribution is 2.32. The fourth-order valence-electron chi connectivity index (χ4n) is 2.78. The molecule has 0 aliphatic carbocycles. The van der Waals surface area contributed by atoms with Gasteiger partial charge < -0.3 is 4.74 Å². The molecular formula is C21H19N3O5. The molecule has 1 heterocycles. The number of hydrogen-bond acceptors (Lipinski definition) is 5. The van der Waals surface area contributed by atoms with Crippen molar-refractivity contribution in [1.82, 2.24) is 4.68 Å². The molecule has 0 spiro atoms. The maximum absolute atomic E-state index is 12.4. The average molecular weight is 393 g/mol. The molecule has 148 valence electrons. The summed E-state index contributed by atoms with van der Waals surface area (Å²) in [5.74, 6) is -0.233. The van der Waals surface area contributed by atoms with E-state index in [4.69, 9.17) is 4.74 Å². The summed E-state index contributed by atoms with van der Waals surface area (Å²) >= 11 is 0. The topological polar surface area (TPSA) is 103 Å². The molecule has 0 aliphatic rings. The summed E-state index contributed by atoms with van der Waals surface area (Å²) in [5.41, 5.74) is 4.93. The number of nitrogens with one attached hydrogen (secondary N) is 1. The van der Waals surface area contributed by atoms with Crippen molar-refractivity contribution in [2.45, 2.75) is 20.8 Å². The van der Waals surface area contributed by atoms with Crippen molar-refractivity contribution in [3.8, 4) is 11.5 Å². The maximum Gasteiger partial charge on any atom is 0.312 e. The zero-order chi connectivity index (χ0) is 21.1. The number of benzene rings is 2. The number of aromatic nitrogens is 1. The van der Waals surface area contributed by atoms with E-state index in [0.717, 1.165) is 11.4 Å². The van der Waals surface area contributed by atoms with Crippen molar-refractivity contribution >= 4 is 17.4 Å². The SMILES string of the molecule is CC(=O)c1ccc(Oc2ccc(C(=O)Nn3c(C)ccc3C)cc2)c([N+](=O)[O-])c1. The molecule has 8 nitrogen and oxygen atoms in total. The Hall–Kier alpha value is -3.94. The Kier molecular flexibility index (Phi) is 5.45. The van der Waals surface area contributed by atoms with Crippen LogP contribution in [-0.4, -0.2) is 21.3 Å². The van der Waals surface area contributed by atoms with E-state index < -0.39 is 4.92 Å². The van der Waals surface area contributed by atoms with Gasteiger partial charge in [-0.25, -0.2) is 0 Å². The van der Waals surface area contributed by atoms with E-state index in [0.29, 0.717) is 11.3 Å². The van der Waals surface area contributed by atoms with Crippen molar-refractivity contribution in [2.24, 2.45) is 0 Å². The van der Waals surface area contributed by atoms with Crippen molar-refractivity contribution < 1.29 is 19.2 Å². The number of ether oxygens (including phenoxy) is 1. The van der Waals surface area contributed by atoms with E-state index in [2.05, 4.69) is 5.43 Å². The van der Waals surface area contributed by atoms with Crippen LogP contribution in [0.5, 0.6) is 11.5 Å². The first-order chi connectivity index (χ1) is 13.8. The highest BCUT2D eigenvalue weighted by molar-refractivity contribution is 6.00. The number of amides is 1. The van der Waals surface area contributed by atoms with Gasteiger partial charge in [-0.2, -0.15) is 0 Å². The number of carbonyl (C=O) groups excluding carboxylic acids is 2. The van der Waals surface area contributed by atoms with E-state index in [-0.39, 0.29) is 28.7 Å². The molecule has 0 aliphatic heterocycles. The minimum absolute atomic E-state index is 0.00999. The van der Waals surface area contributed by atoms with Crippen LogP contribution < -0.4 is 10.2 Å². The minimum Gasteiger partial charge on any atom is -0.450 e. The Bertz CT molecular complexity index is 1080. The summed E-state index contributed by atoms with van der Waals surface area (Å²) in [6, 6.07) is 14.1. The number of rotatable bonds is 6. The van der Waals surface area contributed by atoms with Gasteiger partial charge in [0.2, 0.25) is 5.75 Å². The third kappa shape index (κ3) is 4.32. The van der Waals surface area contributed by atoms with Crippen LogP contribution in [0, 0.1) is 24.0 Å². The smallest absolute Gasteiger partial charge is 0.312 e. The Morgan fingerprint density at radius 3 is 2.10 bits per heavy atom. The average Bonchev–Trinajstić information content (AvgIpc) is 3.00. The standard InChI is InChI=1S/C21H19N3O5/c1-13-4-5-14(2)23(13)22-21(26)16-6-9-18(10-7-16)29-20-11-8-17(15(3)25)12-19(20)24(27)28/h4-12H,1-3H3,(H,22,26). The van der Waals surface area contributed by atoms with Gasteiger partial charge in [0, 0.05) is 28.6 Å². The Morgan fingerprint density at radius 1 is 0.966 bits per heavy atom. The van der Waals surface area contributed by atoms with E-state index in [9.17, 15) is 19.7 Å². The quantitative estimate of drug-likeness (QED) is 0.380. The van der Waals surface area contributed by atoms with E-state index in [1.54, 1.807) is 28.9 Å². The number of nitro benzene ring substituents is 1. The molecule has 8 heteroatoms. The van der Waals surface area contributed by atoms with Crippen LogP contribution >= 0.6 is 0 Å². The van der Waals surface area contributed by atoms with Gasteiger partial charge in [0.1, 0.15) is 5.75 Å². The lowest BCUT2D eigenvalue weighted by atomic mass is 10.1. The fraction of sp³-hybridized carbons (Fsp3) is 0.143. The molecule has 0 saturated heterocycles. The number of hydrogen-bond donors (Lipinski definition) is 1. The van der Waals surface area contributed by atoms with Gasteiger partial charge in [0.05, 0.1) is 4.92 Å². The number of nitrogens with zero attached hydrogens (tertiary/aromatic N) is 2. The highest BCUT2D eigenvalue weighted by atomic mass is 16.6. The number of ketones is 1. The van der Waals surface area contributed by atoms with Crippen LogP contribution in [0.2, 0.25) is 0 Å². The molecule has 0 radical (unpaired) electrons. The van der Waals surface area contributed by atoms with Crippen molar-refractivity contribution in [2.75, 3.05) is 5.43 Å². The van der Waals surface area contributed by atoms with Crippen LogP contribution in [0.15, 0.2) is 54.6 Å². The van der Waals surface area contributed by atoms with Gasteiger partial charge in [0.15, 0.2) is 5.78 Å². The molecule has 3 aromatic rings. The summed E-state index contributed by atoms with van der Waals surface area (Å²) < 4.78 is 7.28. The summed E-state index contributed by atoms with van der Waals surface area (Å²) in [6.45, 7) is 5.10. The minimum atomic E-state index is -0.606. The van der Waals surface area contributed by atoms with Gasteiger partial charge in [0.25, 0.3) is 5.91 Å². The summed E-state index contributed by atoms with van der Waals surface area (Å²) in [4.78, 5) is 34.6. The largest absolute Gasteiger partial charge is 0.450 e. The van der Waals surface area contributed by atoms with Crippen LogP contribution in [0.3, 0.4) is 0 Å². The third-order valence-corrected chi connectivity index (χ3v) is 4.39. The molecule has 1 aromatic heterocycles. The van der Waals surface area contributed by atoms with Crippen LogP contribution in [0.25, 0.3) is 0 Å². The lowest BCUT2D eigenvalue weighted by molar-refractivity contribution is -0.385.